The lowest BCUT2D eigenvalue weighted by Gasteiger charge is -2.17. The van der Waals surface area contributed by atoms with Gasteiger partial charge in [-0.25, -0.2) is 4.98 Å². The summed E-state index contributed by atoms with van der Waals surface area (Å²) in [5.74, 6) is -1.48. The Morgan fingerprint density at radius 3 is 2.67 bits per heavy atom. The van der Waals surface area contributed by atoms with Crippen molar-refractivity contribution in [3.05, 3.63) is 15.6 Å². The van der Waals surface area contributed by atoms with Crippen LogP contribution in [0.5, 0.6) is 0 Å². The number of aliphatic carboxylic acids is 1. The predicted octanol–water partition coefficient (Wildman–Crippen LogP) is 1.74. The maximum absolute atomic E-state index is 12.1. The number of aromatic nitrogens is 1. The summed E-state index contributed by atoms with van der Waals surface area (Å²) in [4.78, 5) is 27.9. The number of amides is 1. The smallest absolute Gasteiger partial charge is 0.308 e. The Labute approximate surface area is 109 Å². The molecule has 2 N–H and O–H groups in total. The Bertz CT molecular complexity index is 484. The topological polar surface area (TPSA) is 79.3 Å². The third-order valence-electron chi connectivity index (χ3n) is 3.26. The Hall–Kier alpha value is -1.43. The van der Waals surface area contributed by atoms with Crippen molar-refractivity contribution >= 4 is 23.2 Å². The molecule has 1 amide bonds. The van der Waals surface area contributed by atoms with Gasteiger partial charge in [-0.2, -0.15) is 0 Å². The number of carboxylic acid groups (broad SMARTS) is 1. The van der Waals surface area contributed by atoms with Gasteiger partial charge in [-0.1, -0.05) is 6.42 Å². The molecule has 0 aliphatic heterocycles. The average Bonchev–Trinajstić information content (AvgIpc) is 2.85. The van der Waals surface area contributed by atoms with Crippen molar-refractivity contribution in [1.82, 2.24) is 10.3 Å². The molecule has 18 heavy (non-hydrogen) atoms. The van der Waals surface area contributed by atoms with E-state index in [4.69, 9.17) is 5.11 Å². The zero-order chi connectivity index (χ0) is 13.3. The Morgan fingerprint density at radius 1 is 1.39 bits per heavy atom. The number of hydrogen-bond acceptors (Lipinski definition) is 4. The molecule has 1 heterocycles. The summed E-state index contributed by atoms with van der Waals surface area (Å²) in [5, 5.41) is 12.7. The quantitative estimate of drug-likeness (QED) is 0.875. The van der Waals surface area contributed by atoms with Crippen LogP contribution in [-0.4, -0.2) is 28.0 Å². The summed E-state index contributed by atoms with van der Waals surface area (Å²) < 4.78 is 0. The molecule has 1 aliphatic rings. The molecule has 1 fully saturated rings. The van der Waals surface area contributed by atoms with Crippen molar-refractivity contribution in [3.63, 3.8) is 0 Å². The molecule has 0 unspecified atom stereocenters. The average molecular weight is 268 g/mol. The maximum Gasteiger partial charge on any atom is 0.308 e. The number of thiazole rings is 1. The van der Waals surface area contributed by atoms with Crippen molar-refractivity contribution in [1.29, 1.82) is 0 Å². The van der Waals surface area contributed by atoms with Crippen molar-refractivity contribution in [2.24, 2.45) is 5.92 Å². The van der Waals surface area contributed by atoms with Gasteiger partial charge in [0.25, 0.3) is 5.91 Å². The first kappa shape index (κ1) is 13.0. The zero-order valence-corrected chi connectivity index (χ0v) is 11.2. The summed E-state index contributed by atoms with van der Waals surface area (Å²) in [5.41, 5.74) is 0.708. The predicted molar refractivity (Wildman–Crippen MR) is 67.8 cm³/mol. The summed E-state index contributed by atoms with van der Waals surface area (Å²) in [6.07, 6.45) is 2.23. The minimum absolute atomic E-state index is 0.198. The van der Waals surface area contributed by atoms with Crippen LogP contribution in [0.2, 0.25) is 0 Å². The highest BCUT2D eigenvalue weighted by Crippen LogP contribution is 2.27. The van der Waals surface area contributed by atoms with Gasteiger partial charge < -0.3 is 10.4 Å². The van der Waals surface area contributed by atoms with Crippen LogP contribution in [-0.2, 0) is 4.79 Å². The molecule has 0 bridgehead atoms. The Kier molecular flexibility index (Phi) is 3.65. The van der Waals surface area contributed by atoms with Crippen LogP contribution >= 0.6 is 11.3 Å². The summed E-state index contributed by atoms with van der Waals surface area (Å²) in [6.45, 7) is 3.64. The second-order valence-corrected chi connectivity index (χ2v) is 5.81. The van der Waals surface area contributed by atoms with Gasteiger partial charge in [0.1, 0.15) is 4.88 Å². The van der Waals surface area contributed by atoms with Gasteiger partial charge in [0.15, 0.2) is 0 Å². The lowest BCUT2D eigenvalue weighted by Crippen LogP contribution is -2.40. The van der Waals surface area contributed by atoms with Gasteiger partial charge in [-0.05, 0) is 26.7 Å². The van der Waals surface area contributed by atoms with Gasteiger partial charge in [0.2, 0.25) is 0 Å². The van der Waals surface area contributed by atoms with E-state index in [1.807, 2.05) is 6.92 Å². The minimum atomic E-state index is -0.824. The summed E-state index contributed by atoms with van der Waals surface area (Å²) in [6, 6.07) is -0.253. The SMILES string of the molecule is Cc1nc(C)c(C(=O)N[C@@H]2CCC[C@@H]2C(=O)O)s1. The van der Waals surface area contributed by atoms with Crippen LogP contribution in [0.15, 0.2) is 0 Å². The number of aryl methyl sites for hydroxylation is 2. The van der Waals surface area contributed by atoms with E-state index in [0.717, 1.165) is 17.8 Å². The molecular weight excluding hydrogens is 252 g/mol. The molecule has 2 atom stereocenters. The van der Waals surface area contributed by atoms with Crippen LogP contribution in [0.25, 0.3) is 0 Å². The molecule has 1 aromatic rings. The molecule has 98 valence electrons. The number of rotatable bonds is 3. The second kappa shape index (κ2) is 5.06. The molecule has 0 aromatic carbocycles. The monoisotopic (exact) mass is 268 g/mol. The second-order valence-electron chi connectivity index (χ2n) is 4.60. The standard InChI is InChI=1S/C12H16N2O3S/c1-6-10(18-7(2)13-6)11(15)14-9-5-3-4-8(9)12(16)17/h8-9H,3-5H2,1-2H3,(H,14,15)(H,16,17)/t8-,9+/m0/s1. The van der Waals surface area contributed by atoms with Crippen LogP contribution in [0.1, 0.15) is 39.6 Å². The van der Waals surface area contributed by atoms with Gasteiger partial charge in [0, 0.05) is 6.04 Å². The zero-order valence-electron chi connectivity index (χ0n) is 10.4. The largest absolute Gasteiger partial charge is 0.481 e. The van der Waals surface area contributed by atoms with Gasteiger partial charge in [0.05, 0.1) is 16.6 Å². The van der Waals surface area contributed by atoms with E-state index in [9.17, 15) is 9.59 Å². The lowest BCUT2D eigenvalue weighted by molar-refractivity contribution is -0.142. The number of carbonyl (C=O) groups is 2. The third-order valence-corrected chi connectivity index (χ3v) is 4.33. The fourth-order valence-electron chi connectivity index (χ4n) is 2.40. The molecule has 1 aromatic heterocycles. The third kappa shape index (κ3) is 2.53. The van der Waals surface area contributed by atoms with Crippen LogP contribution in [0, 0.1) is 19.8 Å². The van der Waals surface area contributed by atoms with Gasteiger partial charge in [-0.3, -0.25) is 9.59 Å². The number of carboxylic acids is 1. The fourth-order valence-corrected chi connectivity index (χ4v) is 3.23. The number of nitrogens with zero attached hydrogens (tertiary/aromatic N) is 1. The van der Waals surface area contributed by atoms with Crippen molar-refractivity contribution < 1.29 is 14.7 Å². The lowest BCUT2D eigenvalue weighted by atomic mass is 10.0. The minimum Gasteiger partial charge on any atom is -0.481 e. The van der Waals surface area contributed by atoms with Gasteiger partial charge >= 0.3 is 5.97 Å². The van der Waals surface area contributed by atoms with Gasteiger partial charge in [-0.15, -0.1) is 11.3 Å². The number of nitrogens with one attached hydrogen (secondary N) is 1. The highest BCUT2D eigenvalue weighted by atomic mass is 32.1. The van der Waals surface area contributed by atoms with Crippen molar-refractivity contribution in [3.8, 4) is 0 Å². The van der Waals surface area contributed by atoms with E-state index in [1.54, 1.807) is 6.92 Å². The van der Waals surface area contributed by atoms with Crippen LogP contribution in [0.3, 0.4) is 0 Å². The van der Waals surface area contributed by atoms with Crippen molar-refractivity contribution in [2.45, 2.75) is 39.2 Å². The molecular formula is C12H16N2O3S. The fraction of sp³-hybridized carbons (Fsp3) is 0.583. The molecule has 6 heteroatoms. The molecule has 2 rings (SSSR count). The first-order valence-corrected chi connectivity index (χ1v) is 6.78. The molecule has 1 saturated carbocycles. The Morgan fingerprint density at radius 2 is 2.11 bits per heavy atom. The molecule has 0 radical (unpaired) electrons. The number of hydrogen-bond donors (Lipinski definition) is 2. The van der Waals surface area contributed by atoms with E-state index >= 15 is 0 Å². The highest BCUT2D eigenvalue weighted by molar-refractivity contribution is 7.13. The first-order valence-electron chi connectivity index (χ1n) is 5.96. The van der Waals surface area contributed by atoms with Crippen LogP contribution in [0.4, 0.5) is 0 Å². The van der Waals surface area contributed by atoms with E-state index < -0.39 is 11.9 Å². The van der Waals surface area contributed by atoms with E-state index in [2.05, 4.69) is 10.3 Å². The molecule has 5 nitrogen and oxygen atoms in total. The first-order chi connectivity index (χ1) is 8.49. The van der Waals surface area contributed by atoms with E-state index in [0.29, 0.717) is 17.0 Å². The normalized spacial score (nSPS) is 23.0. The van der Waals surface area contributed by atoms with E-state index in [-0.39, 0.29) is 11.9 Å². The Balaban J connectivity index is 2.07. The van der Waals surface area contributed by atoms with Crippen LogP contribution < -0.4 is 5.32 Å². The molecule has 0 spiro atoms. The highest BCUT2D eigenvalue weighted by Gasteiger charge is 2.34. The maximum atomic E-state index is 12.1. The summed E-state index contributed by atoms with van der Waals surface area (Å²) in [7, 11) is 0. The molecule has 1 aliphatic carbocycles. The molecule has 0 saturated heterocycles. The van der Waals surface area contributed by atoms with Crippen molar-refractivity contribution in [2.75, 3.05) is 0 Å². The van der Waals surface area contributed by atoms with E-state index in [1.165, 1.54) is 11.3 Å². The number of carbonyl (C=O) groups excluding carboxylic acids is 1. The summed E-state index contributed by atoms with van der Waals surface area (Å²) >= 11 is 1.34.